The molecule has 33 heavy (non-hydrogen) atoms. The average Bonchev–Trinajstić information content (AvgIpc) is 2.85. The quantitative estimate of drug-likeness (QED) is 0.328. The van der Waals surface area contributed by atoms with E-state index in [1.807, 2.05) is 48.2 Å². The second kappa shape index (κ2) is 11.8. The van der Waals surface area contributed by atoms with Gasteiger partial charge in [-0.2, -0.15) is 0 Å². The summed E-state index contributed by atoms with van der Waals surface area (Å²) in [5, 5.41) is 0.588. The number of rotatable bonds is 11. The highest BCUT2D eigenvalue weighted by molar-refractivity contribution is 5.79. The zero-order valence-corrected chi connectivity index (χ0v) is 20.5. The predicted molar refractivity (Wildman–Crippen MR) is 136 cm³/mol. The fourth-order valence-electron chi connectivity index (χ4n) is 4.46. The molecule has 2 aromatic carbocycles. The number of hydrogen-bond acceptors (Lipinski definition) is 3. The first-order valence-corrected chi connectivity index (χ1v) is 12.5. The fourth-order valence-corrected chi connectivity index (χ4v) is 4.46. The van der Waals surface area contributed by atoms with Crippen LogP contribution in [0.4, 0.5) is 0 Å². The lowest BCUT2D eigenvalue weighted by Crippen LogP contribution is -2.38. The van der Waals surface area contributed by atoms with Gasteiger partial charge in [-0.1, -0.05) is 64.3 Å². The molecule has 1 aromatic heterocycles. The van der Waals surface area contributed by atoms with E-state index in [0.29, 0.717) is 36.1 Å². The minimum absolute atomic E-state index is 0.0928. The topological polar surface area (TPSA) is 55.2 Å². The van der Waals surface area contributed by atoms with Gasteiger partial charge in [0.05, 0.1) is 22.6 Å². The van der Waals surface area contributed by atoms with Crippen LogP contribution in [0.3, 0.4) is 0 Å². The number of carbonyl (C=O) groups is 1. The van der Waals surface area contributed by atoms with E-state index in [1.54, 1.807) is 4.57 Å². The Balaban J connectivity index is 2.11. The summed E-state index contributed by atoms with van der Waals surface area (Å²) in [6.07, 6.45) is 6.42. The summed E-state index contributed by atoms with van der Waals surface area (Å²) in [6, 6.07) is 15.3. The highest BCUT2D eigenvalue weighted by Crippen LogP contribution is 2.27. The third kappa shape index (κ3) is 5.52. The lowest BCUT2D eigenvalue weighted by molar-refractivity contribution is -0.133. The van der Waals surface area contributed by atoms with Crippen molar-refractivity contribution in [3.8, 4) is 5.69 Å². The molecule has 0 saturated heterocycles. The number of hydrogen-bond donors (Lipinski definition) is 0. The van der Waals surface area contributed by atoms with Crippen LogP contribution in [0.2, 0.25) is 0 Å². The number of nitrogens with zero attached hydrogens (tertiary/aromatic N) is 3. The van der Waals surface area contributed by atoms with Crippen molar-refractivity contribution in [3.63, 3.8) is 0 Å². The van der Waals surface area contributed by atoms with E-state index in [2.05, 4.69) is 32.9 Å². The molecule has 0 bridgehead atoms. The van der Waals surface area contributed by atoms with Crippen molar-refractivity contribution in [2.45, 2.75) is 78.7 Å². The Labute approximate surface area is 197 Å². The maximum atomic E-state index is 13.7. The highest BCUT2D eigenvalue weighted by Gasteiger charge is 2.27. The van der Waals surface area contributed by atoms with Crippen LogP contribution in [-0.2, 0) is 11.2 Å². The molecule has 0 spiro atoms. The van der Waals surface area contributed by atoms with E-state index in [-0.39, 0.29) is 17.5 Å². The number of para-hydroxylation sites is 1. The number of unbranched alkanes of at least 4 members (excludes halogenated alkanes) is 3. The Hall–Kier alpha value is -2.95. The van der Waals surface area contributed by atoms with Crippen LogP contribution < -0.4 is 5.56 Å². The molecule has 0 saturated carbocycles. The molecular weight excluding hydrogens is 410 g/mol. The normalized spacial score (nSPS) is 12.1. The minimum Gasteiger partial charge on any atom is -0.333 e. The Morgan fingerprint density at radius 1 is 0.970 bits per heavy atom. The van der Waals surface area contributed by atoms with E-state index < -0.39 is 0 Å². The van der Waals surface area contributed by atoms with Gasteiger partial charge in [-0.3, -0.25) is 14.2 Å². The van der Waals surface area contributed by atoms with Gasteiger partial charge in [-0.25, -0.2) is 4.98 Å². The Bertz CT molecular complexity index is 1120. The Kier molecular flexibility index (Phi) is 8.81. The number of benzene rings is 2. The van der Waals surface area contributed by atoms with Gasteiger partial charge in [0.2, 0.25) is 5.91 Å². The third-order valence-electron chi connectivity index (χ3n) is 6.37. The van der Waals surface area contributed by atoms with Crippen molar-refractivity contribution in [1.82, 2.24) is 14.5 Å². The molecule has 5 heteroatoms. The molecule has 0 fully saturated rings. The first-order chi connectivity index (χ1) is 16.0. The van der Waals surface area contributed by atoms with Gasteiger partial charge in [0.1, 0.15) is 5.82 Å². The van der Waals surface area contributed by atoms with Gasteiger partial charge in [-0.05, 0) is 56.0 Å². The van der Waals surface area contributed by atoms with Crippen molar-refractivity contribution in [2.24, 2.45) is 0 Å². The van der Waals surface area contributed by atoms with Gasteiger partial charge >= 0.3 is 0 Å². The van der Waals surface area contributed by atoms with Crippen LogP contribution in [0.1, 0.15) is 83.6 Å². The molecule has 0 radical (unpaired) electrons. The second-order valence-electron chi connectivity index (χ2n) is 8.56. The van der Waals surface area contributed by atoms with E-state index in [1.165, 1.54) is 5.56 Å². The molecule has 3 aromatic rings. The van der Waals surface area contributed by atoms with Crippen molar-refractivity contribution in [1.29, 1.82) is 0 Å². The maximum absolute atomic E-state index is 13.7. The number of carbonyl (C=O) groups excluding carboxylic acids is 1. The Morgan fingerprint density at radius 3 is 2.33 bits per heavy atom. The lowest BCUT2D eigenvalue weighted by Gasteiger charge is -2.31. The number of amides is 1. The summed E-state index contributed by atoms with van der Waals surface area (Å²) in [5.41, 5.74) is 2.58. The molecule has 1 amide bonds. The highest BCUT2D eigenvalue weighted by atomic mass is 16.2. The van der Waals surface area contributed by atoms with Crippen molar-refractivity contribution in [3.05, 3.63) is 70.3 Å². The SMILES string of the molecule is CCCCCCC(=O)N(CC)C(CC)c1nc2ccccc2c(=O)n1-c1ccc(CC)cc1. The molecule has 1 heterocycles. The van der Waals surface area contributed by atoms with Gasteiger partial charge < -0.3 is 4.90 Å². The first kappa shape index (κ1) is 24.7. The molecular formula is C28H37N3O2. The average molecular weight is 448 g/mol. The zero-order valence-electron chi connectivity index (χ0n) is 20.5. The van der Waals surface area contributed by atoms with E-state index in [9.17, 15) is 9.59 Å². The van der Waals surface area contributed by atoms with Crippen LogP contribution in [0.25, 0.3) is 16.6 Å². The second-order valence-corrected chi connectivity index (χ2v) is 8.56. The summed E-state index contributed by atoms with van der Waals surface area (Å²) in [4.78, 5) is 33.7. The van der Waals surface area contributed by atoms with Gasteiger partial charge in [0.15, 0.2) is 0 Å². The van der Waals surface area contributed by atoms with Crippen molar-refractivity contribution < 1.29 is 4.79 Å². The maximum Gasteiger partial charge on any atom is 0.266 e. The first-order valence-electron chi connectivity index (χ1n) is 12.5. The lowest BCUT2D eigenvalue weighted by atomic mass is 10.1. The number of aryl methyl sites for hydroxylation is 1. The van der Waals surface area contributed by atoms with Crippen LogP contribution in [0.5, 0.6) is 0 Å². The van der Waals surface area contributed by atoms with Gasteiger partial charge in [0.25, 0.3) is 5.56 Å². The van der Waals surface area contributed by atoms with Gasteiger partial charge in [0, 0.05) is 13.0 Å². The van der Waals surface area contributed by atoms with Crippen molar-refractivity contribution >= 4 is 16.8 Å². The molecule has 1 atom stereocenters. The molecule has 3 rings (SSSR count). The van der Waals surface area contributed by atoms with Gasteiger partial charge in [-0.15, -0.1) is 0 Å². The van der Waals surface area contributed by atoms with Crippen LogP contribution in [0.15, 0.2) is 53.3 Å². The van der Waals surface area contributed by atoms with E-state index in [4.69, 9.17) is 4.98 Å². The van der Waals surface area contributed by atoms with E-state index >= 15 is 0 Å². The van der Waals surface area contributed by atoms with Crippen LogP contribution in [0, 0.1) is 0 Å². The predicted octanol–water partition coefficient (Wildman–Crippen LogP) is 6.22. The summed E-state index contributed by atoms with van der Waals surface area (Å²) in [7, 11) is 0. The van der Waals surface area contributed by atoms with Crippen LogP contribution >= 0.6 is 0 Å². The minimum atomic E-state index is -0.267. The number of fused-ring (bicyclic) bond motifs is 1. The molecule has 1 unspecified atom stereocenters. The molecule has 5 nitrogen and oxygen atoms in total. The third-order valence-corrected chi connectivity index (χ3v) is 6.37. The smallest absolute Gasteiger partial charge is 0.266 e. The molecule has 0 aliphatic rings. The Morgan fingerprint density at radius 2 is 1.70 bits per heavy atom. The summed E-state index contributed by atoms with van der Waals surface area (Å²) >= 11 is 0. The van der Waals surface area contributed by atoms with Crippen LogP contribution in [-0.4, -0.2) is 26.9 Å². The molecule has 176 valence electrons. The summed E-state index contributed by atoms with van der Waals surface area (Å²) in [5.74, 6) is 0.768. The largest absolute Gasteiger partial charge is 0.333 e. The van der Waals surface area contributed by atoms with Crippen molar-refractivity contribution in [2.75, 3.05) is 6.54 Å². The monoisotopic (exact) mass is 447 g/mol. The summed E-state index contributed by atoms with van der Waals surface area (Å²) < 4.78 is 1.71. The zero-order chi connectivity index (χ0) is 23.8. The summed E-state index contributed by atoms with van der Waals surface area (Å²) in [6.45, 7) is 8.94. The molecule has 0 aliphatic carbocycles. The van der Waals surface area contributed by atoms with E-state index in [0.717, 1.165) is 37.8 Å². The molecule has 0 aliphatic heterocycles. The number of aromatic nitrogens is 2. The fraction of sp³-hybridized carbons (Fsp3) is 0.464. The standard InChI is InChI=1S/C28H37N3O2/c1-5-9-10-11-16-26(32)30(8-4)25(7-3)27-29-24-15-13-12-14-23(24)28(33)31(27)22-19-17-21(6-2)18-20-22/h12-15,17-20,25H,5-11,16H2,1-4H3. The molecule has 0 N–H and O–H groups in total.